The van der Waals surface area contributed by atoms with E-state index in [4.69, 9.17) is 0 Å². The van der Waals surface area contributed by atoms with Crippen LogP contribution in [0.1, 0.15) is 18.1 Å². The summed E-state index contributed by atoms with van der Waals surface area (Å²) in [6.45, 7) is 2.36. The van der Waals surface area contributed by atoms with Crippen LogP contribution >= 0.6 is 0 Å². The van der Waals surface area contributed by atoms with Gasteiger partial charge in [-0.25, -0.2) is 8.42 Å². The van der Waals surface area contributed by atoms with Crippen LogP contribution in [0.15, 0.2) is 23.1 Å². The Morgan fingerprint density at radius 1 is 1.30 bits per heavy atom. The Balaban J connectivity index is 2.44. The first-order valence-corrected chi connectivity index (χ1v) is 7.28. The number of β-amino-alcohol motifs (C(OH)–C–C–N with tert-alkyl or cyclic N) is 1. The molecule has 1 heterocycles. The molecular formula is C12H14F3NO3S. The third-order valence-electron chi connectivity index (χ3n) is 3.24. The van der Waals surface area contributed by atoms with Crippen molar-refractivity contribution < 1.29 is 26.7 Å². The maximum atomic E-state index is 12.8. The summed E-state index contributed by atoms with van der Waals surface area (Å²) in [7, 11) is -4.01. The second-order valence-corrected chi connectivity index (χ2v) is 7.10. The third-order valence-corrected chi connectivity index (χ3v) is 5.18. The molecule has 1 saturated heterocycles. The minimum atomic E-state index is -4.60. The van der Waals surface area contributed by atoms with Gasteiger partial charge in [0.15, 0.2) is 0 Å². The van der Waals surface area contributed by atoms with Gasteiger partial charge in [-0.2, -0.15) is 17.5 Å². The van der Waals surface area contributed by atoms with Crippen LogP contribution in [0.3, 0.4) is 0 Å². The molecule has 1 fully saturated rings. The van der Waals surface area contributed by atoms with Gasteiger partial charge in [-0.05, 0) is 31.5 Å². The number of hydrogen-bond donors (Lipinski definition) is 1. The highest BCUT2D eigenvalue weighted by molar-refractivity contribution is 7.89. The lowest BCUT2D eigenvalue weighted by atomic mass is 10.0. The van der Waals surface area contributed by atoms with Gasteiger partial charge in [0.1, 0.15) is 0 Å². The van der Waals surface area contributed by atoms with Crippen molar-refractivity contribution in [3.05, 3.63) is 29.3 Å². The van der Waals surface area contributed by atoms with Gasteiger partial charge < -0.3 is 5.11 Å². The quantitative estimate of drug-likeness (QED) is 0.906. The number of hydrogen-bond acceptors (Lipinski definition) is 3. The normalized spacial score (nSPS) is 19.7. The summed E-state index contributed by atoms with van der Waals surface area (Å²) in [5.74, 6) is 0. The highest BCUT2D eigenvalue weighted by Crippen LogP contribution is 2.36. The molecule has 4 nitrogen and oxygen atoms in total. The highest BCUT2D eigenvalue weighted by Gasteiger charge is 2.45. The van der Waals surface area contributed by atoms with E-state index in [0.717, 1.165) is 29.4 Å². The molecule has 20 heavy (non-hydrogen) atoms. The molecule has 0 atom stereocenters. The standard InChI is InChI=1S/C12H14F3NO3S/c1-8-9(12(13,14)15)4-3-5-10(8)20(18,19)16-6-11(2,17)7-16/h3-5,17H,6-7H2,1-2H3. The smallest absolute Gasteiger partial charge is 0.387 e. The van der Waals surface area contributed by atoms with Gasteiger partial charge in [-0.15, -0.1) is 0 Å². The minimum absolute atomic E-state index is 0.120. The predicted molar refractivity (Wildman–Crippen MR) is 65.6 cm³/mol. The molecule has 0 radical (unpaired) electrons. The second kappa shape index (κ2) is 4.44. The predicted octanol–water partition coefficient (Wildman–Crippen LogP) is 1.77. The molecule has 112 valence electrons. The second-order valence-electron chi connectivity index (χ2n) is 5.20. The van der Waals surface area contributed by atoms with Crippen LogP contribution in [0.2, 0.25) is 0 Å². The van der Waals surface area contributed by atoms with Crippen LogP contribution < -0.4 is 0 Å². The van der Waals surface area contributed by atoms with Gasteiger partial charge in [-0.1, -0.05) is 6.07 Å². The number of sulfonamides is 1. The average Bonchev–Trinajstić information content (AvgIpc) is 2.24. The maximum Gasteiger partial charge on any atom is 0.416 e. The topological polar surface area (TPSA) is 57.6 Å². The number of alkyl halides is 3. The van der Waals surface area contributed by atoms with E-state index >= 15 is 0 Å². The van der Waals surface area contributed by atoms with E-state index in [1.54, 1.807) is 0 Å². The first-order valence-electron chi connectivity index (χ1n) is 5.84. The molecule has 2 rings (SSSR count). The molecule has 0 amide bonds. The summed E-state index contributed by atoms with van der Waals surface area (Å²) in [6, 6.07) is 3.06. The van der Waals surface area contributed by atoms with Crippen LogP contribution in [0.4, 0.5) is 13.2 Å². The van der Waals surface area contributed by atoms with Gasteiger partial charge in [0, 0.05) is 13.1 Å². The molecule has 0 saturated carbocycles. The summed E-state index contributed by atoms with van der Waals surface area (Å²) in [5.41, 5.74) is -2.42. The van der Waals surface area contributed by atoms with Gasteiger partial charge in [0.2, 0.25) is 10.0 Å². The molecule has 1 aliphatic heterocycles. The largest absolute Gasteiger partial charge is 0.416 e. The fourth-order valence-corrected chi connectivity index (χ4v) is 4.15. The summed E-state index contributed by atoms with van der Waals surface area (Å²) < 4.78 is 63.8. The molecule has 1 aromatic rings. The van der Waals surface area contributed by atoms with Crippen molar-refractivity contribution in [1.29, 1.82) is 0 Å². The van der Waals surface area contributed by atoms with Gasteiger partial charge in [-0.3, -0.25) is 0 Å². The number of aliphatic hydroxyl groups is 1. The Bertz CT molecular complexity index is 630. The Hall–Kier alpha value is -1.12. The van der Waals surface area contributed by atoms with E-state index in [9.17, 15) is 26.7 Å². The van der Waals surface area contributed by atoms with Crippen molar-refractivity contribution >= 4 is 10.0 Å². The van der Waals surface area contributed by atoms with Crippen molar-refractivity contribution in [2.24, 2.45) is 0 Å². The van der Waals surface area contributed by atoms with Crippen LogP contribution in [0.5, 0.6) is 0 Å². The minimum Gasteiger partial charge on any atom is -0.387 e. The lowest BCUT2D eigenvalue weighted by Gasteiger charge is -2.43. The maximum absolute atomic E-state index is 12.8. The Morgan fingerprint density at radius 2 is 1.85 bits per heavy atom. The SMILES string of the molecule is Cc1c(C(F)(F)F)cccc1S(=O)(=O)N1CC(C)(O)C1. The third kappa shape index (κ3) is 2.55. The highest BCUT2D eigenvalue weighted by atomic mass is 32.2. The van der Waals surface area contributed by atoms with Crippen LogP contribution in [0, 0.1) is 6.92 Å². The summed E-state index contributed by atoms with van der Waals surface area (Å²) in [4.78, 5) is -0.372. The lowest BCUT2D eigenvalue weighted by Crippen LogP contribution is -2.61. The van der Waals surface area contributed by atoms with Crippen molar-refractivity contribution in [3.8, 4) is 0 Å². The first kappa shape index (κ1) is 15.3. The fourth-order valence-electron chi connectivity index (χ4n) is 2.22. The molecule has 0 aliphatic carbocycles. The van der Waals surface area contributed by atoms with Crippen LogP contribution in [-0.4, -0.2) is 36.5 Å². The van der Waals surface area contributed by atoms with E-state index in [-0.39, 0.29) is 23.5 Å². The van der Waals surface area contributed by atoms with Crippen LogP contribution in [0.25, 0.3) is 0 Å². The Labute approximate surface area is 114 Å². The zero-order valence-corrected chi connectivity index (χ0v) is 11.7. The van der Waals surface area contributed by atoms with Crippen molar-refractivity contribution in [2.45, 2.75) is 30.5 Å². The van der Waals surface area contributed by atoms with E-state index in [1.807, 2.05) is 0 Å². The zero-order valence-electron chi connectivity index (χ0n) is 10.9. The molecule has 0 spiro atoms. The van der Waals surface area contributed by atoms with E-state index in [0.29, 0.717) is 0 Å². The molecule has 0 aromatic heterocycles. The zero-order chi connectivity index (χ0) is 15.3. The molecule has 0 unspecified atom stereocenters. The van der Waals surface area contributed by atoms with Gasteiger partial charge in [0.25, 0.3) is 0 Å². The lowest BCUT2D eigenvalue weighted by molar-refractivity contribution is -0.138. The monoisotopic (exact) mass is 309 g/mol. The van der Waals surface area contributed by atoms with Crippen molar-refractivity contribution in [1.82, 2.24) is 4.31 Å². The average molecular weight is 309 g/mol. The number of rotatable bonds is 2. The van der Waals surface area contributed by atoms with Crippen molar-refractivity contribution in [2.75, 3.05) is 13.1 Å². The Morgan fingerprint density at radius 3 is 2.30 bits per heavy atom. The summed E-state index contributed by atoms with van der Waals surface area (Å²) >= 11 is 0. The molecule has 0 bridgehead atoms. The summed E-state index contributed by atoms with van der Waals surface area (Å²) in [5, 5.41) is 9.56. The van der Waals surface area contributed by atoms with E-state index < -0.39 is 27.4 Å². The van der Waals surface area contributed by atoms with Crippen molar-refractivity contribution in [3.63, 3.8) is 0 Å². The number of nitrogens with zero attached hydrogens (tertiary/aromatic N) is 1. The van der Waals surface area contributed by atoms with E-state index in [1.165, 1.54) is 6.92 Å². The molecule has 8 heteroatoms. The number of benzene rings is 1. The van der Waals surface area contributed by atoms with Gasteiger partial charge in [0.05, 0.1) is 16.1 Å². The molecule has 1 aliphatic rings. The summed E-state index contributed by atoms with van der Waals surface area (Å²) in [6.07, 6.45) is -4.60. The number of halogens is 3. The first-order chi connectivity index (χ1) is 8.95. The molecule has 1 aromatic carbocycles. The van der Waals surface area contributed by atoms with E-state index in [2.05, 4.69) is 0 Å². The van der Waals surface area contributed by atoms with Crippen LogP contribution in [-0.2, 0) is 16.2 Å². The van der Waals surface area contributed by atoms with Gasteiger partial charge >= 0.3 is 6.18 Å². The molecule has 1 N–H and O–H groups in total. The fraction of sp³-hybridized carbons (Fsp3) is 0.500. The molecular weight excluding hydrogens is 295 g/mol. The Kier molecular flexibility index (Phi) is 3.39.